The first-order valence-electron chi connectivity index (χ1n) is 7.75. The Hall–Kier alpha value is -3.32. The third kappa shape index (κ3) is 3.00. The predicted octanol–water partition coefficient (Wildman–Crippen LogP) is 4.09. The number of anilines is 1. The highest BCUT2D eigenvalue weighted by atomic mass is 32.1. The third-order valence-corrected chi connectivity index (χ3v) is 5.04. The highest BCUT2D eigenvalue weighted by Gasteiger charge is 2.20. The average molecular weight is 367 g/mol. The summed E-state index contributed by atoms with van der Waals surface area (Å²) in [6.07, 6.45) is 0. The zero-order valence-corrected chi connectivity index (χ0v) is 14.2. The van der Waals surface area contributed by atoms with E-state index in [1.54, 1.807) is 24.3 Å². The molecular formula is C19H13NO5S. The Morgan fingerprint density at radius 2 is 1.77 bits per heavy atom. The summed E-state index contributed by atoms with van der Waals surface area (Å²) in [7, 11) is 0. The van der Waals surface area contributed by atoms with Gasteiger partial charge >= 0.3 is 5.97 Å². The molecule has 0 saturated carbocycles. The number of ether oxygens (including phenoxy) is 2. The second-order valence-electron chi connectivity index (χ2n) is 5.55. The number of benzene rings is 2. The molecule has 2 aromatic carbocycles. The lowest BCUT2D eigenvalue weighted by Crippen LogP contribution is -2.13. The van der Waals surface area contributed by atoms with Crippen molar-refractivity contribution < 1.29 is 24.2 Å². The number of carbonyl (C=O) groups is 2. The maximum atomic E-state index is 12.5. The first-order valence-corrected chi connectivity index (χ1v) is 8.57. The van der Waals surface area contributed by atoms with Crippen molar-refractivity contribution in [2.24, 2.45) is 0 Å². The van der Waals surface area contributed by atoms with Crippen LogP contribution in [0.2, 0.25) is 0 Å². The lowest BCUT2D eigenvalue weighted by molar-refractivity contribution is 0.0703. The van der Waals surface area contributed by atoms with Crippen LogP contribution < -0.4 is 14.8 Å². The zero-order chi connectivity index (χ0) is 18.1. The number of hydrogen-bond acceptors (Lipinski definition) is 5. The van der Waals surface area contributed by atoms with Gasteiger partial charge in [0, 0.05) is 10.4 Å². The van der Waals surface area contributed by atoms with Gasteiger partial charge in [0.2, 0.25) is 6.79 Å². The molecule has 4 rings (SSSR count). The fourth-order valence-electron chi connectivity index (χ4n) is 2.62. The Morgan fingerprint density at radius 1 is 1.00 bits per heavy atom. The van der Waals surface area contributed by atoms with Crippen molar-refractivity contribution in [1.29, 1.82) is 0 Å². The van der Waals surface area contributed by atoms with E-state index in [1.165, 1.54) is 0 Å². The molecule has 1 aliphatic heterocycles. The smallest absolute Gasteiger partial charge is 0.348 e. The molecule has 2 N–H and O–H groups in total. The molecule has 0 saturated heterocycles. The van der Waals surface area contributed by atoms with Gasteiger partial charge in [-0.1, -0.05) is 30.3 Å². The van der Waals surface area contributed by atoms with Gasteiger partial charge in [0.05, 0.1) is 5.69 Å². The number of fused-ring (bicyclic) bond motifs is 1. The molecular weight excluding hydrogens is 354 g/mol. The van der Waals surface area contributed by atoms with Gasteiger partial charge in [0.25, 0.3) is 5.91 Å². The topological polar surface area (TPSA) is 84.9 Å². The standard InChI is InChI=1S/C19H13NO5S/c21-18(12-6-7-14-15(8-12)25-10-24-14)20-13-9-16(26-17(13)19(22)23)11-4-2-1-3-5-11/h1-9H,10H2,(H,20,21)(H,22,23). The number of nitrogens with one attached hydrogen (secondary N) is 1. The Balaban J connectivity index is 1.64. The Bertz CT molecular complexity index is 996. The maximum absolute atomic E-state index is 12.5. The van der Waals surface area contributed by atoms with Crippen molar-refractivity contribution in [3.05, 3.63) is 65.0 Å². The maximum Gasteiger partial charge on any atom is 0.348 e. The van der Waals surface area contributed by atoms with Crippen molar-refractivity contribution in [2.45, 2.75) is 0 Å². The number of rotatable bonds is 4. The summed E-state index contributed by atoms with van der Waals surface area (Å²) in [6.45, 7) is 0.120. The Morgan fingerprint density at radius 3 is 2.54 bits per heavy atom. The quantitative estimate of drug-likeness (QED) is 0.725. The number of carboxylic acid groups (broad SMARTS) is 1. The van der Waals surface area contributed by atoms with E-state index in [1.807, 2.05) is 30.3 Å². The van der Waals surface area contributed by atoms with E-state index in [-0.39, 0.29) is 17.4 Å². The molecule has 1 aromatic heterocycles. The van der Waals surface area contributed by atoms with Crippen LogP contribution in [0.15, 0.2) is 54.6 Å². The highest BCUT2D eigenvalue weighted by molar-refractivity contribution is 7.18. The van der Waals surface area contributed by atoms with Crippen LogP contribution in [0.25, 0.3) is 10.4 Å². The molecule has 0 fully saturated rings. The van der Waals surface area contributed by atoms with Gasteiger partial charge in [-0.15, -0.1) is 11.3 Å². The summed E-state index contributed by atoms with van der Waals surface area (Å²) in [5, 5.41) is 12.1. The molecule has 3 aromatic rings. The molecule has 7 heteroatoms. The summed E-state index contributed by atoms with van der Waals surface area (Å²) < 4.78 is 10.5. The molecule has 0 aliphatic carbocycles. The monoisotopic (exact) mass is 367 g/mol. The minimum atomic E-state index is -1.09. The average Bonchev–Trinajstić information content (AvgIpc) is 3.28. The molecule has 1 amide bonds. The zero-order valence-electron chi connectivity index (χ0n) is 13.4. The molecule has 1 aliphatic rings. The van der Waals surface area contributed by atoms with Gasteiger partial charge < -0.3 is 19.9 Å². The molecule has 6 nitrogen and oxygen atoms in total. The van der Waals surface area contributed by atoms with Crippen molar-refractivity contribution in [2.75, 3.05) is 12.1 Å². The summed E-state index contributed by atoms with van der Waals surface area (Å²) in [5.41, 5.74) is 1.52. The van der Waals surface area contributed by atoms with Gasteiger partial charge in [0.1, 0.15) is 4.88 Å². The summed E-state index contributed by atoms with van der Waals surface area (Å²) in [5.74, 6) is -0.428. The third-order valence-electron chi connectivity index (χ3n) is 3.87. The summed E-state index contributed by atoms with van der Waals surface area (Å²) >= 11 is 1.12. The number of amides is 1. The first kappa shape index (κ1) is 16.2. The van der Waals surface area contributed by atoms with E-state index in [0.717, 1.165) is 21.8 Å². The van der Waals surface area contributed by atoms with Gasteiger partial charge in [0.15, 0.2) is 11.5 Å². The molecule has 0 spiro atoms. The van der Waals surface area contributed by atoms with Crippen LogP contribution >= 0.6 is 11.3 Å². The van der Waals surface area contributed by atoms with Crippen LogP contribution in [0.4, 0.5) is 5.69 Å². The SMILES string of the molecule is O=C(Nc1cc(-c2ccccc2)sc1C(=O)O)c1ccc2c(c1)OCO2. The molecule has 0 bridgehead atoms. The van der Waals surface area contributed by atoms with E-state index < -0.39 is 11.9 Å². The minimum absolute atomic E-state index is 0.0814. The van der Waals surface area contributed by atoms with Crippen molar-refractivity contribution in [3.8, 4) is 21.9 Å². The molecule has 0 unspecified atom stereocenters. The van der Waals surface area contributed by atoms with E-state index in [4.69, 9.17) is 9.47 Å². The van der Waals surface area contributed by atoms with Crippen molar-refractivity contribution in [1.82, 2.24) is 0 Å². The van der Waals surface area contributed by atoms with E-state index in [0.29, 0.717) is 17.1 Å². The number of hydrogen-bond donors (Lipinski definition) is 2. The van der Waals surface area contributed by atoms with Crippen molar-refractivity contribution in [3.63, 3.8) is 0 Å². The summed E-state index contributed by atoms with van der Waals surface area (Å²) in [4.78, 5) is 24.9. The normalized spacial score (nSPS) is 12.0. The van der Waals surface area contributed by atoms with Gasteiger partial charge in [-0.25, -0.2) is 4.79 Å². The molecule has 2 heterocycles. The van der Waals surface area contributed by atoms with Crippen LogP contribution in [0.5, 0.6) is 11.5 Å². The second-order valence-corrected chi connectivity index (χ2v) is 6.60. The fourth-order valence-corrected chi connectivity index (χ4v) is 3.58. The van der Waals surface area contributed by atoms with Gasteiger partial charge in [-0.2, -0.15) is 0 Å². The lowest BCUT2D eigenvalue weighted by Gasteiger charge is -2.05. The predicted molar refractivity (Wildman–Crippen MR) is 97.2 cm³/mol. The summed E-state index contributed by atoms with van der Waals surface area (Å²) in [6, 6.07) is 15.9. The van der Waals surface area contributed by atoms with Gasteiger partial charge in [-0.05, 0) is 29.8 Å². The van der Waals surface area contributed by atoms with Crippen LogP contribution in [0, 0.1) is 0 Å². The van der Waals surface area contributed by atoms with Crippen LogP contribution in [0.1, 0.15) is 20.0 Å². The Kier molecular flexibility index (Phi) is 4.06. The molecule has 130 valence electrons. The van der Waals surface area contributed by atoms with Crippen LogP contribution in [-0.4, -0.2) is 23.8 Å². The van der Waals surface area contributed by atoms with Crippen LogP contribution in [-0.2, 0) is 0 Å². The first-order chi connectivity index (χ1) is 12.6. The fraction of sp³-hybridized carbons (Fsp3) is 0.0526. The number of aromatic carboxylic acids is 1. The van der Waals surface area contributed by atoms with E-state index in [9.17, 15) is 14.7 Å². The molecule has 0 radical (unpaired) electrons. The highest BCUT2D eigenvalue weighted by Crippen LogP contribution is 2.36. The molecule has 26 heavy (non-hydrogen) atoms. The molecule has 0 atom stereocenters. The number of carboxylic acids is 1. The minimum Gasteiger partial charge on any atom is -0.477 e. The van der Waals surface area contributed by atoms with E-state index in [2.05, 4.69) is 5.32 Å². The largest absolute Gasteiger partial charge is 0.477 e. The Labute approximate surface area is 152 Å². The second kappa shape index (κ2) is 6.53. The number of thiophene rings is 1. The van der Waals surface area contributed by atoms with E-state index >= 15 is 0 Å². The number of carbonyl (C=O) groups excluding carboxylic acids is 1. The lowest BCUT2D eigenvalue weighted by atomic mass is 10.1. The van der Waals surface area contributed by atoms with Crippen molar-refractivity contribution >= 4 is 28.9 Å². The van der Waals surface area contributed by atoms with Gasteiger partial charge in [-0.3, -0.25) is 4.79 Å². The van der Waals surface area contributed by atoms with Crippen LogP contribution in [0.3, 0.4) is 0 Å².